The van der Waals surface area contributed by atoms with E-state index in [-0.39, 0.29) is 6.42 Å². The van der Waals surface area contributed by atoms with Crippen LogP contribution in [0.1, 0.15) is 16.7 Å². The Kier molecular flexibility index (Phi) is 4.85. The van der Waals surface area contributed by atoms with Gasteiger partial charge in [-0.1, -0.05) is 22.0 Å². The maximum absolute atomic E-state index is 12.6. The SMILES string of the molecule is COC(=O)Cc1c(C)c2ccc3c(c2oc1=O)CN(c1cccc(Br)c1)CO3. The molecule has 0 spiro atoms. The molecule has 0 amide bonds. The highest BCUT2D eigenvalue weighted by Gasteiger charge is 2.24. The molecule has 0 aliphatic carbocycles. The van der Waals surface area contributed by atoms with Gasteiger partial charge in [-0.25, -0.2) is 4.79 Å². The van der Waals surface area contributed by atoms with Crippen LogP contribution in [-0.4, -0.2) is 19.8 Å². The van der Waals surface area contributed by atoms with Crippen LogP contribution in [0.5, 0.6) is 5.75 Å². The van der Waals surface area contributed by atoms with Gasteiger partial charge in [0.05, 0.1) is 31.2 Å². The lowest BCUT2D eigenvalue weighted by Gasteiger charge is -2.31. The molecule has 1 aromatic heterocycles. The average molecular weight is 444 g/mol. The number of carbonyl (C=O) groups excluding carboxylic acids is 1. The van der Waals surface area contributed by atoms with Gasteiger partial charge in [-0.15, -0.1) is 0 Å². The van der Waals surface area contributed by atoms with Crippen LogP contribution in [0.15, 0.2) is 50.1 Å². The van der Waals surface area contributed by atoms with Crippen molar-refractivity contribution in [3.63, 3.8) is 0 Å². The van der Waals surface area contributed by atoms with Gasteiger partial charge in [-0.2, -0.15) is 0 Å². The van der Waals surface area contributed by atoms with Gasteiger partial charge < -0.3 is 18.8 Å². The third-order valence-corrected chi connectivity index (χ3v) is 5.46. The van der Waals surface area contributed by atoms with Crippen molar-refractivity contribution in [2.75, 3.05) is 18.7 Å². The number of nitrogens with zero attached hydrogens (tertiary/aromatic N) is 1. The number of hydrogen-bond donors (Lipinski definition) is 0. The minimum atomic E-state index is -0.525. The Morgan fingerprint density at radius 2 is 2.11 bits per heavy atom. The molecule has 144 valence electrons. The quantitative estimate of drug-likeness (QED) is 0.451. The Hall–Kier alpha value is -2.80. The van der Waals surface area contributed by atoms with Gasteiger partial charge in [0.2, 0.25) is 0 Å². The van der Waals surface area contributed by atoms with Crippen LogP contribution in [0.4, 0.5) is 5.69 Å². The molecule has 2 aromatic carbocycles. The molecule has 0 saturated carbocycles. The van der Waals surface area contributed by atoms with Crippen molar-refractivity contribution >= 4 is 38.6 Å². The number of carbonyl (C=O) groups is 1. The number of ether oxygens (including phenoxy) is 2. The third-order valence-electron chi connectivity index (χ3n) is 4.96. The standard InChI is InChI=1S/C21H18BrNO5/c1-12-15-6-7-18-17(20(15)28-21(25)16(12)9-19(24)26-2)10-23(11-27-18)14-5-3-4-13(22)8-14/h3-8H,9-11H2,1-2H3. The highest BCUT2D eigenvalue weighted by Crippen LogP contribution is 2.35. The Bertz CT molecular complexity index is 1140. The van der Waals surface area contributed by atoms with E-state index in [4.69, 9.17) is 9.15 Å². The molecule has 1 aliphatic heterocycles. The van der Waals surface area contributed by atoms with Crippen LogP contribution < -0.4 is 15.3 Å². The van der Waals surface area contributed by atoms with E-state index in [1.54, 1.807) is 0 Å². The molecular formula is C21H18BrNO5. The molecule has 28 heavy (non-hydrogen) atoms. The smallest absolute Gasteiger partial charge is 0.340 e. The molecule has 0 unspecified atom stereocenters. The van der Waals surface area contributed by atoms with Crippen molar-refractivity contribution in [2.24, 2.45) is 0 Å². The number of halogens is 1. The molecule has 6 nitrogen and oxygen atoms in total. The van der Waals surface area contributed by atoms with E-state index >= 15 is 0 Å². The second-order valence-electron chi connectivity index (χ2n) is 6.62. The van der Waals surface area contributed by atoms with Gasteiger partial charge in [-0.3, -0.25) is 4.79 Å². The fourth-order valence-electron chi connectivity index (χ4n) is 3.42. The van der Waals surface area contributed by atoms with E-state index in [9.17, 15) is 9.59 Å². The van der Waals surface area contributed by atoms with Gasteiger partial charge in [0.15, 0.2) is 6.73 Å². The monoisotopic (exact) mass is 443 g/mol. The van der Waals surface area contributed by atoms with Crippen LogP contribution in [0.25, 0.3) is 11.0 Å². The number of methoxy groups -OCH3 is 1. The lowest BCUT2D eigenvalue weighted by atomic mass is 10.00. The predicted octanol–water partition coefficient (Wildman–Crippen LogP) is 3.94. The number of fused-ring (bicyclic) bond motifs is 3. The zero-order valence-electron chi connectivity index (χ0n) is 15.5. The van der Waals surface area contributed by atoms with Crippen LogP contribution in [-0.2, 0) is 22.5 Å². The number of benzene rings is 2. The van der Waals surface area contributed by atoms with E-state index in [1.165, 1.54) is 7.11 Å². The summed E-state index contributed by atoms with van der Waals surface area (Å²) in [6.07, 6.45) is -0.113. The Morgan fingerprint density at radius 1 is 1.29 bits per heavy atom. The summed E-state index contributed by atoms with van der Waals surface area (Å²) in [5.74, 6) is 0.221. The minimum absolute atomic E-state index is 0.113. The van der Waals surface area contributed by atoms with E-state index in [2.05, 4.69) is 25.6 Å². The lowest BCUT2D eigenvalue weighted by Crippen LogP contribution is -2.32. The summed E-state index contributed by atoms with van der Waals surface area (Å²) in [5.41, 5.74) is 2.82. The molecule has 0 fully saturated rings. The molecule has 4 rings (SSSR count). The first-order valence-corrected chi connectivity index (χ1v) is 9.55. The number of anilines is 1. The first-order chi connectivity index (χ1) is 13.5. The lowest BCUT2D eigenvalue weighted by molar-refractivity contribution is -0.139. The van der Waals surface area contributed by atoms with E-state index < -0.39 is 11.6 Å². The fourth-order valence-corrected chi connectivity index (χ4v) is 3.81. The summed E-state index contributed by atoms with van der Waals surface area (Å²) in [5, 5.41) is 0.789. The zero-order chi connectivity index (χ0) is 19.8. The first kappa shape index (κ1) is 18.6. The largest absolute Gasteiger partial charge is 0.473 e. The van der Waals surface area contributed by atoms with Gasteiger partial charge in [0, 0.05) is 15.5 Å². The summed E-state index contributed by atoms with van der Waals surface area (Å²) in [6, 6.07) is 11.7. The summed E-state index contributed by atoms with van der Waals surface area (Å²) in [4.78, 5) is 26.3. The van der Waals surface area contributed by atoms with E-state index in [1.807, 2.05) is 43.3 Å². The molecule has 7 heteroatoms. The van der Waals surface area contributed by atoms with Crippen molar-refractivity contribution < 1.29 is 18.7 Å². The molecule has 0 radical (unpaired) electrons. The number of esters is 1. The Labute approximate surface area is 169 Å². The second kappa shape index (κ2) is 7.31. The Balaban J connectivity index is 1.80. The summed E-state index contributed by atoms with van der Waals surface area (Å²) in [7, 11) is 1.30. The number of rotatable bonds is 3. The summed E-state index contributed by atoms with van der Waals surface area (Å²) < 4.78 is 17.2. The van der Waals surface area contributed by atoms with Crippen molar-refractivity contribution in [3.05, 3.63) is 68.0 Å². The van der Waals surface area contributed by atoms with Crippen LogP contribution in [0, 0.1) is 6.92 Å². The maximum Gasteiger partial charge on any atom is 0.340 e. The first-order valence-electron chi connectivity index (χ1n) is 8.76. The van der Waals surface area contributed by atoms with E-state index in [0.29, 0.717) is 30.2 Å². The van der Waals surface area contributed by atoms with Crippen LogP contribution in [0.2, 0.25) is 0 Å². The van der Waals surface area contributed by atoms with E-state index in [0.717, 1.165) is 26.7 Å². The molecule has 0 bridgehead atoms. The van der Waals surface area contributed by atoms with Crippen molar-refractivity contribution in [3.8, 4) is 5.75 Å². The maximum atomic E-state index is 12.6. The normalized spacial score (nSPS) is 13.2. The second-order valence-corrected chi connectivity index (χ2v) is 7.53. The fraction of sp³-hybridized carbons (Fsp3) is 0.238. The molecule has 1 aliphatic rings. The van der Waals surface area contributed by atoms with Gasteiger partial charge in [0.1, 0.15) is 11.3 Å². The molecular weight excluding hydrogens is 426 g/mol. The van der Waals surface area contributed by atoms with Crippen LogP contribution in [0.3, 0.4) is 0 Å². The van der Waals surface area contributed by atoms with Gasteiger partial charge in [-0.05, 0) is 42.8 Å². The zero-order valence-corrected chi connectivity index (χ0v) is 17.0. The Morgan fingerprint density at radius 3 is 2.86 bits per heavy atom. The average Bonchev–Trinajstić information content (AvgIpc) is 2.70. The van der Waals surface area contributed by atoms with Crippen molar-refractivity contribution in [1.82, 2.24) is 0 Å². The van der Waals surface area contributed by atoms with Crippen molar-refractivity contribution in [1.29, 1.82) is 0 Å². The molecule has 2 heterocycles. The molecule has 0 N–H and O–H groups in total. The van der Waals surface area contributed by atoms with Gasteiger partial charge >= 0.3 is 11.6 Å². The van der Waals surface area contributed by atoms with Crippen molar-refractivity contribution in [2.45, 2.75) is 19.9 Å². The minimum Gasteiger partial charge on any atom is -0.473 e. The topological polar surface area (TPSA) is 69.0 Å². The highest BCUT2D eigenvalue weighted by molar-refractivity contribution is 9.10. The molecule has 3 aromatic rings. The third kappa shape index (κ3) is 3.26. The van der Waals surface area contributed by atoms with Gasteiger partial charge in [0.25, 0.3) is 0 Å². The molecule has 0 saturated heterocycles. The number of aryl methyl sites for hydroxylation is 1. The predicted molar refractivity (Wildman–Crippen MR) is 109 cm³/mol. The summed E-state index contributed by atoms with van der Waals surface area (Å²) in [6.45, 7) is 2.76. The highest BCUT2D eigenvalue weighted by atomic mass is 79.9. The summed E-state index contributed by atoms with van der Waals surface area (Å²) >= 11 is 3.49. The molecule has 0 atom stereocenters. The number of hydrogen-bond acceptors (Lipinski definition) is 6. The van der Waals surface area contributed by atoms with Crippen LogP contribution >= 0.6 is 15.9 Å².